The number of halogens is 1. The Morgan fingerprint density at radius 1 is 1.22 bits per heavy atom. The van der Waals surface area contributed by atoms with Crippen LogP contribution in [0.15, 0.2) is 34.9 Å². The van der Waals surface area contributed by atoms with Gasteiger partial charge in [0.1, 0.15) is 0 Å². The maximum absolute atomic E-state index is 11.0. The first kappa shape index (κ1) is 17.9. The zero-order valence-corrected chi connectivity index (χ0v) is 15.6. The smallest absolute Gasteiger partial charge is 0.279 e. The summed E-state index contributed by atoms with van der Waals surface area (Å²) in [6.45, 7) is 8.44. The first-order chi connectivity index (χ1) is 10.6. The molecule has 0 aliphatic carbocycles. The van der Waals surface area contributed by atoms with Crippen molar-refractivity contribution < 1.29 is 9.76 Å². The molecule has 1 saturated heterocycles. The Labute approximate surface area is 145 Å². The minimum absolute atomic E-state index is 0.188. The highest BCUT2D eigenvalue weighted by molar-refractivity contribution is 9.10. The minimum Gasteiger partial charge on any atom is -0.398 e. The highest BCUT2D eigenvalue weighted by atomic mass is 79.9. The molecule has 126 valence electrons. The Morgan fingerprint density at radius 3 is 2.22 bits per heavy atom. The second-order valence-corrected chi connectivity index (χ2v) is 8.07. The first-order valence-electron chi connectivity index (χ1n) is 7.71. The molecule has 0 saturated carbocycles. The van der Waals surface area contributed by atoms with E-state index in [2.05, 4.69) is 43.6 Å². The number of benzene rings is 1. The third kappa shape index (κ3) is 4.32. The second-order valence-electron chi connectivity index (χ2n) is 7.15. The summed E-state index contributed by atoms with van der Waals surface area (Å²) in [4.78, 5) is 16.7. The van der Waals surface area contributed by atoms with E-state index in [4.69, 9.17) is 4.84 Å². The summed E-state index contributed by atoms with van der Waals surface area (Å²) in [5, 5.41) is 13.0. The Bertz CT molecular complexity index is 593. The van der Waals surface area contributed by atoms with Crippen LogP contribution in [0.5, 0.6) is 0 Å². The fourth-order valence-electron chi connectivity index (χ4n) is 3.18. The topological polar surface area (TPSA) is 55.6 Å². The molecule has 6 heteroatoms. The van der Waals surface area contributed by atoms with Gasteiger partial charge in [-0.2, -0.15) is 0 Å². The van der Waals surface area contributed by atoms with Crippen molar-refractivity contribution in [3.05, 3.63) is 50.6 Å². The number of hydroxylamine groups is 2. The number of nitro groups is 1. The summed E-state index contributed by atoms with van der Waals surface area (Å²) in [6, 6.07) is 7.31. The van der Waals surface area contributed by atoms with Gasteiger partial charge in [0.2, 0.25) is 5.76 Å². The number of rotatable bonds is 4. The van der Waals surface area contributed by atoms with Gasteiger partial charge in [0.15, 0.2) is 0 Å². The van der Waals surface area contributed by atoms with Crippen molar-refractivity contribution in [2.75, 3.05) is 0 Å². The number of nitrogens with zero attached hydrogens (tertiary/aromatic N) is 2. The van der Waals surface area contributed by atoms with Crippen LogP contribution in [0.25, 0.3) is 5.76 Å². The Kier molecular flexibility index (Phi) is 5.16. The molecule has 2 rings (SSSR count). The zero-order chi connectivity index (χ0) is 17.3. The molecular weight excluding hydrogens is 360 g/mol. The van der Waals surface area contributed by atoms with Crippen molar-refractivity contribution in [3.63, 3.8) is 0 Å². The van der Waals surface area contributed by atoms with Crippen molar-refractivity contribution in [1.29, 1.82) is 0 Å². The third-order valence-electron chi connectivity index (χ3n) is 4.22. The van der Waals surface area contributed by atoms with Crippen LogP contribution in [-0.4, -0.2) is 21.1 Å². The van der Waals surface area contributed by atoms with E-state index in [9.17, 15) is 10.1 Å². The molecule has 1 heterocycles. The molecule has 1 aromatic rings. The van der Waals surface area contributed by atoms with Crippen LogP contribution in [0.2, 0.25) is 0 Å². The van der Waals surface area contributed by atoms with E-state index in [-0.39, 0.29) is 16.8 Å². The maximum atomic E-state index is 11.0. The van der Waals surface area contributed by atoms with Crippen molar-refractivity contribution >= 4 is 21.7 Å². The third-order valence-corrected chi connectivity index (χ3v) is 4.75. The molecule has 1 aliphatic rings. The second kappa shape index (κ2) is 6.61. The van der Waals surface area contributed by atoms with E-state index in [1.165, 1.54) is 0 Å². The summed E-state index contributed by atoms with van der Waals surface area (Å²) in [5.74, 6) is 0.255. The molecule has 23 heavy (non-hydrogen) atoms. The van der Waals surface area contributed by atoms with Gasteiger partial charge in [-0.1, -0.05) is 15.9 Å². The molecule has 0 aromatic heterocycles. The molecule has 1 aromatic carbocycles. The van der Waals surface area contributed by atoms with E-state index in [1.54, 1.807) is 0 Å². The predicted molar refractivity (Wildman–Crippen MR) is 94.0 cm³/mol. The molecule has 1 aliphatic heterocycles. The molecule has 5 nitrogen and oxygen atoms in total. The van der Waals surface area contributed by atoms with E-state index in [0.29, 0.717) is 5.56 Å². The van der Waals surface area contributed by atoms with Crippen LogP contribution in [-0.2, 0) is 4.84 Å². The van der Waals surface area contributed by atoms with Gasteiger partial charge >= 0.3 is 0 Å². The van der Waals surface area contributed by atoms with Gasteiger partial charge in [-0.25, -0.2) is 0 Å². The average Bonchev–Trinajstić information content (AvgIpc) is 2.41. The SMILES string of the molecule is CC1(C)CCCC(C)(C)N1O/C(=C/[N+](=O)[O-])c1ccc(Br)cc1. The first-order valence-corrected chi connectivity index (χ1v) is 8.51. The number of hydrogen-bond acceptors (Lipinski definition) is 4. The minimum atomic E-state index is -0.471. The molecule has 0 radical (unpaired) electrons. The van der Waals surface area contributed by atoms with Crippen LogP contribution in [0.3, 0.4) is 0 Å². The van der Waals surface area contributed by atoms with Gasteiger partial charge in [0, 0.05) is 10.0 Å². The summed E-state index contributed by atoms with van der Waals surface area (Å²) in [7, 11) is 0. The van der Waals surface area contributed by atoms with Gasteiger partial charge in [0.05, 0.1) is 16.0 Å². The van der Waals surface area contributed by atoms with Crippen LogP contribution in [0.4, 0.5) is 0 Å². The average molecular weight is 383 g/mol. The fraction of sp³-hybridized carbons (Fsp3) is 0.529. The largest absolute Gasteiger partial charge is 0.398 e. The van der Waals surface area contributed by atoms with Gasteiger partial charge in [0.25, 0.3) is 6.20 Å². The Morgan fingerprint density at radius 2 is 1.74 bits per heavy atom. The predicted octanol–water partition coefficient (Wildman–Crippen LogP) is 5.00. The lowest BCUT2D eigenvalue weighted by Gasteiger charge is -2.50. The highest BCUT2D eigenvalue weighted by Crippen LogP contribution is 2.40. The van der Waals surface area contributed by atoms with E-state index >= 15 is 0 Å². The summed E-state index contributed by atoms with van der Waals surface area (Å²) >= 11 is 3.38. The lowest BCUT2D eigenvalue weighted by molar-refractivity contribution is -0.404. The molecule has 0 amide bonds. The maximum Gasteiger partial charge on any atom is 0.279 e. The molecule has 1 fully saturated rings. The fourth-order valence-corrected chi connectivity index (χ4v) is 3.45. The quantitative estimate of drug-likeness (QED) is 0.417. The van der Waals surface area contributed by atoms with Crippen LogP contribution in [0, 0.1) is 10.1 Å². The van der Waals surface area contributed by atoms with Crippen molar-refractivity contribution in [2.24, 2.45) is 0 Å². The number of hydrogen-bond donors (Lipinski definition) is 0. The summed E-state index contributed by atoms with van der Waals surface area (Å²) in [5.41, 5.74) is 0.307. The van der Waals surface area contributed by atoms with Crippen molar-refractivity contribution in [1.82, 2.24) is 5.06 Å². The van der Waals surface area contributed by atoms with Crippen LogP contribution < -0.4 is 0 Å². The number of piperidine rings is 1. The standard InChI is InChI=1S/C17H23BrN2O3/c1-16(2)10-5-11-17(3,4)20(16)23-15(12-19(21)22)13-6-8-14(18)9-7-13/h6-9,12H,5,10-11H2,1-4H3/b15-12+. The van der Waals surface area contributed by atoms with Gasteiger partial charge in [-0.05, 0) is 71.2 Å². The molecular formula is C17H23BrN2O3. The van der Waals surface area contributed by atoms with E-state index < -0.39 is 4.92 Å². The van der Waals surface area contributed by atoms with E-state index in [0.717, 1.165) is 29.9 Å². The zero-order valence-electron chi connectivity index (χ0n) is 14.0. The lowest BCUT2D eigenvalue weighted by atomic mass is 9.82. The molecule has 0 unspecified atom stereocenters. The molecule has 0 atom stereocenters. The lowest BCUT2D eigenvalue weighted by Crippen LogP contribution is -2.57. The molecule has 0 N–H and O–H groups in total. The van der Waals surface area contributed by atoms with E-state index in [1.807, 2.05) is 29.3 Å². The van der Waals surface area contributed by atoms with Gasteiger partial charge < -0.3 is 4.84 Å². The van der Waals surface area contributed by atoms with Crippen LogP contribution in [0.1, 0.15) is 52.5 Å². The monoisotopic (exact) mass is 382 g/mol. The molecule has 0 bridgehead atoms. The molecule has 0 spiro atoms. The van der Waals surface area contributed by atoms with Crippen LogP contribution >= 0.6 is 15.9 Å². The summed E-state index contributed by atoms with van der Waals surface area (Å²) < 4.78 is 0.917. The summed E-state index contributed by atoms with van der Waals surface area (Å²) in [6.07, 6.45) is 4.03. The highest BCUT2D eigenvalue weighted by Gasteiger charge is 2.44. The van der Waals surface area contributed by atoms with Gasteiger partial charge in [-0.3, -0.25) is 10.1 Å². The Hall–Kier alpha value is -1.40. The van der Waals surface area contributed by atoms with Crippen molar-refractivity contribution in [3.8, 4) is 0 Å². The van der Waals surface area contributed by atoms with Crippen molar-refractivity contribution in [2.45, 2.75) is 58.0 Å². The van der Waals surface area contributed by atoms with Gasteiger partial charge in [-0.15, -0.1) is 5.06 Å². The Balaban J connectivity index is 2.37. The normalized spacial score (nSPS) is 21.0.